The van der Waals surface area contributed by atoms with Crippen LogP contribution in [0.15, 0.2) is 24.3 Å². The van der Waals surface area contributed by atoms with E-state index in [1.54, 1.807) is 0 Å². The van der Waals surface area contributed by atoms with Crippen LogP contribution in [-0.4, -0.2) is 6.54 Å². The molecule has 0 bridgehead atoms. The van der Waals surface area contributed by atoms with Crippen LogP contribution >= 0.6 is 22.9 Å². The highest BCUT2D eigenvalue weighted by molar-refractivity contribution is 7.12. The summed E-state index contributed by atoms with van der Waals surface area (Å²) in [4.78, 5) is 2.73. The molecule has 1 heterocycles. The first-order valence-electron chi connectivity index (χ1n) is 6.59. The van der Waals surface area contributed by atoms with E-state index in [4.69, 9.17) is 11.6 Å². The van der Waals surface area contributed by atoms with Gasteiger partial charge in [0.25, 0.3) is 0 Å². The van der Waals surface area contributed by atoms with E-state index in [9.17, 15) is 0 Å². The van der Waals surface area contributed by atoms with E-state index < -0.39 is 0 Å². The van der Waals surface area contributed by atoms with Gasteiger partial charge in [0.2, 0.25) is 0 Å². The molecule has 0 radical (unpaired) electrons. The number of nitrogens with one attached hydrogen (secondary N) is 1. The van der Waals surface area contributed by atoms with Crippen LogP contribution in [0, 0.1) is 20.8 Å². The van der Waals surface area contributed by atoms with Gasteiger partial charge in [-0.05, 0) is 56.1 Å². The summed E-state index contributed by atoms with van der Waals surface area (Å²) in [6.07, 6.45) is 0. The second kappa shape index (κ2) is 6.08. The zero-order valence-corrected chi connectivity index (χ0v) is 13.5. The van der Waals surface area contributed by atoms with Crippen LogP contribution < -0.4 is 5.32 Å². The van der Waals surface area contributed by atoms with Crippen molar-refractivity contribution in [2.24, 2.45) is 0 Å². The number of benzene rings is 1. The second-order valence-electron chi connectivity index (χ2n) is 4.87. The molecular formula is C16H20ClNS. The summed E-state index contributed by atoms with van der Waals surface area (Å²) in [6, 6.07) is 8.85. The normalized spacial score (nSPS) is 12.7. The minimum absolute atomic E-state index is 0.230. The van der Waals surface area contributed by atoms with E-state index in [1.807, 2.05) is 18.3 Å². The molecule has 1 aromatic carbocycles. The largest absolute Gasteiger partial charge is 0.306 e. The molecular weight excluding hydrogens is 274 g/mol. The summed E-state index contributed by atoms with van der Waals surface area (Å²) >= 11 is 8.12. The van der Waals surface area contributed by atoms with Gasteiger partial charge in [0.05, 0.1) is 6.04 Å². The summed E-state index contributed by atoms with van der Waals surface area (Å²) in [5.41, 5.74) is 3.72. The van der Waals surface area contributed by atoms with E-state index in [1.165, 1.54) is 20.9 Å². The molecule has 0 spiro atoms. The Hall–Kier alpha value is -0.830. The number of aryl methyl sites for hydroxylation is 3. The number of thiophene rings is 1. The molecule has 2 aromatic rings. The van der Waals surface area contributed by atoms with E-state index in [2.05, 4.69) is 50.4 Å². The molecule has 102 valence electrons. The molecule has 1 nitrogen and oxygen atoms in total. The first-order valence-corrected chi connectivity index (χ1v) is 7.78. The molecule has 3 heteroatoms. The number of hydrogen-bond donors (Lipinski definition) is 1. The standard InChI is InChI=1S/C16H20ClNS/c1-5-18-16(14-8-11(3)19-12(14)4)13-7-6-10(2)15(17)9-13/h6-9,16,18H,5H2,1-4H3. The van der Waals surface area contributed by atoms with Crippen molar-refractivity contribution in [3.05, 3.63) is 55.7 Å². The SMILES string of the molecule is CCNC(c1ccc(C)c(Cl)c1)c1cc(C)sc1C. The molecule has 0 aliphatic rings. The lowest BCUT2D eigenvalue weighted by Gasteiger charge is -2.19. The molecule has 0 saturated heterocycles. The molecule has 1 unspecified atom stereocenters. The Kier molecular flexibility index (Phi) is 4.67. The van der Waals surface area contributed by atoms with E-state index in [0.717, 1.165) is 17.1 Å². The highest BCUT2D eigenvalue weighted by atomic mass is 35.5. The smallest absolute Gasteiger partial charge is 0.0588 e. The van der Waals surface area contributed by atoms with Crippen LogP contribution in [0.25, 0.3) is 0 Å². The highest BCUT2D eigenvalue weighted by Gasteiger charge is 2.17. The van der Waals surface area contributed by atoms with Gasteiger partial charge in [0.15, 0.2) is 0 Å². The molecule has 1 atom stereocenters. The number of halogens is 1. The predicted molar refractivity (Wildman–Crippen MR) is 85.5 cm³/mol. The zero-order valence-electron chi connectivity index (χ0n) is 11.9. The molecule has 0 saturated carbocycles. The van der Waals surface area contributed by atoms with E-state index in [-0.39, 0.29) is 6.04 Å². The fraction of sp³-hybridized carbons (Fsp3) is 0.375. The third-order valence-corrected chi connectivity index (χ3v) is 4.72. The van der Waals surface area contributed by atoms with Gasteiger partial charge < -0.3 is 5.32 Å². The Bertz CT molecular complexity index is 574. The highest BCUT2D eigenvalue weighted by Crippen LogP contribution is 2.32. The Morgan fingerprint density at radius 3 is 2.47 bits per heavy atom. The lowest BCUT2D eigenvalue weighted by atomic mass is 9.98. The lowest BCUT2D eigenvalue weighted by Crippen LogP contribution is -2.22. The van der Waals surface area contributed by atoms with Crippen LogP contribution in [0.4, 0.5) is 0 Å². The molecule has 19 heavy (non-hydrogen) atoms. The Morgan fingerprint density at radius 1 is 1.21 bits per heavy atom. The lowest BCUT2D eigenvalue weighted by molar-refractivity contribution is 0.630. The molecule has 2 rings (SSSR count). The van der Waals surface area contributed by atoms with Crippen molar-refractivity contribution < 1.29 is 0 Å². The van der Waals surface area contributed by atoms with Crippen LogP contribution in [-0.2, 0) is 0 Å². The fourth-order valence-electron chi connectivity index (χ4n) is 2.34. The molecule has 0 fully saturated rings. The third-order valence-electron chi connectivity index (χ3n) is 3.33. The van der Waals surface area contributed by atoms with Crippen molar-refractivity contribution >= 4 is 22.9 Å². The maximum absolute atomic E-state index is 6.27. The van der Waals surface area contributed by atoms with E-state index >= 15 is 0 Å². The van der Waals surface area contributed by atoms with Gasteiger partial charge in [-0.3, -0.25) is 0 Å². The Balaban J connectivity index is 2.44. The summed E-state index contributed by atoms with van der Waals surface area (Å²) < 4.78 is 0. The van der Waals surface area contributed by atoms with Gasteiger partial charge in [0, 0.05) is 14.8 Å². The maximum Gasteiger partial charge on any atom is 0.0588 e. The second-order valence-corrected chi connectivity index (χ2v) is 6.74. The molecule has 1 aromatic heterocycles. The van der Waals surface area contributed by atoms with Crippen LogP contribution in [0.3, 0.4) is 0 Å². The van der Waals surface area contributed by atoms with Crippen molar-refractivity contribution in [3.8, 4) is 0 Å². The van der Waals surface area contributed by atoms with Crippen molar-refractivity contribution in [1.29, 1.82) is 0 Å². The summed E-state index contributed by atoms with van der Waals surface area (Å²) in [6.45, 7) is 9.45. The zero-order chi connectivity index (χ0) is 14.0. The first kappa shape index (κ1) is 14.6. The van der Waals surface area contributed by atoms with Gasteiger partial charge in [-0.25, -0.2) is 0 Å². The fourth-order valence-corrected chi connectivity index (χ4v) is 3.49. The van der Waals surface area contributed by atoms with E-state index in [0.29, 0.717) is 0 Å². The van der Waals surface area contributed by atoms with Crippen molar-refractivity contribution in [2.75, 3.05) is 6.54 Å². The van der Waals surface area contributed by atoms with Crippen LogP contribution in [0.1, 0.15) is 39.4 Å². The van der Waals surface area contributed by atoms with Gasteiger partial charge in [0.1, 0.15) is 0 Å². The molecule has 0 amide bonds. The van der Waals surface area contributed by atoms with Crippen LogP contribution in [0.2, 0.25) is 5.02 Å². The average Bonchev–Trinajstić information content (AvgIpc) is 2.69. The van der Waals surface area contributed by atoms with Gasteiger partial charge in [-0.15, -0.1) is 11.3 Å². The summed E-state index contributed by atoms with van der Waals surface area (Å²) in [7, 11) is 0. The van der Waals surface area contributed by atoms with Crippen molar-refractivity contribution in [3.63, 3.8) is 0 Å². The predicted octanol–water partition coefficient (Wildman–Crippen LogP) is 5.03. The van der Waals surface area contributed by atoms with Gasteiger partial charge >= 0.3 is 0 Å². The maximum atomic E-state index is 6.27. The third kappa shape index (κ3) is 3.19. The summed E-state index contributed by atoms with van der Waals surface area (Å²) in [5, 5.41) is 4.40. The number of hydrogen-bond acceptors (Lipinski definition) is 2. The molecule has 0 aliphatic heterocycles. The Labute approximate surface area is 124 Å². The monoisotopic (exact) mass is 293 g/mol. The summed E-state index contributed by atoms with van der Waals surface area (Å²) in [5.74, 6) is 0. The number of rotatable bonds is 4. The average molecular weight is 294 g/mol. The molecule has 1 N–H and O–H groups in total. The van der Waals surface area contributed by atoms with Crippen LogP contribution in [0.5, 0.6) is 0 Å². The van der Waals surface area contributed by atoms with Crippen molar-refractivity contribution in [1.82, 2.24) is 5.32 Å². The quantitative estimate of drug-likeness (QED) is 0.834. The van der Waals surface area contributed by atoms with Gasteiger partial charge in [-0.1, -0.05) is 30.7 Å². The topological polar surface area (TPSA) is 12.0 Å². The first-order chi connectivity index (χ1) is 9.02. The Morgan fingerprint density at radius 2 is 1.95 bits per heavy atom. The van der Waals surface area contributed by atoms with Gasteiger partial charge in [-0.2, -0.15) is 0 Å². The molecule has 0 aliphatic carbocycles. The minimum Gasteiger partial charge on any atom is -0.306 e. The minimum atomic E-state index is 0.230. The van der Waals surface area contributed by atoms with Crippen molar-refractivity contribution in [2.45, 2.75) is 33.7 Å².